The molecule has 2 aliphatic heterocycles. The number of hydrazone groups is 1. The standard InChI is InChI=1S/C20H22N4O6/c25-7-2-8-29-20(27)16-17(26)15(30-19(16)23-24-5-9-28-10-6-24)11-13-12-22-18-14(13)3-1-4-21-18/h1,3-4,11-12,16,25H,2,5-10H2,(H,21,22)/b15-11-,23-19-. The first-order valence-corrected chi connectivity index (χ1v) is 9.72. The van der Waals surface area contributed by atoms with Crippen molar-refractivity contribution >= 4 is 34.8 Å². The number of carbonyl (C=O) groups is 2. The molecule has 30 heavy (non-hydrogen) atoms. The van der Waals surface area contributed by atoms with Gasteiger partial charge >= 0.3 is 5.97 Å². The molecule has 4 rings (SSSR count). The first kappa shape index (κ1) is 20.0. The van der Waals surface area contributed by atoms with Crippen molar-refractivity contribution in [2.75, 3.05) is 39.5 Å². The van der Waals surface area contributed by atoms with Crippen molar-refractivity contribution in [3.63, 3.8) is 0 Å². The molecule has 0 bridgehead atoms. The third-order valence-electron chi connectivity index (χ3n) is 4.75. The summed E-state index contributed by atoms with van der Waals surface area (Å²) >= 11 is 0. The molecule has 4 heterocycles. The number of hydrogen-bond donors (Lipinski definition) is 2. The molecule has 1 atom stereocenters. The van der Waals surface area contributed by atoms with Gasteiger partial charge in [-0.1, -0.05) is 0 Å². The highest BCUT2D eigenvalue weighted by Crippen LogP contribution is 2.28. The summed E-state index contributed by atoms with van der Waals surface area (Å²) in [6, 6.07) is 3.66. The van der Waals surface area contributed by atoms with E-state index in [1.165, 1.54) is 0 Å². The minimum absolute atomic E-state index is 0.0101. The molecule has 0 spiro atoms. The Morgan fingerprint density at radius 1 is 1.43 bits per heavy atom. The Kier molecular flexibility index (Phi) is 6.05. The number of aromatic nitrogens is 2. The zero-order valence-electron chi connectivity index (χ0n) is 16.2. The van der Waals surface area contributed by atoms with Gasteiger partial charge in [0, 0.05) is 36.4 Å². The number of fused-ring (bicyclic) bond motifs is 1. The fourth-order valence-electron chi connectivity index (χ4n) is 3.21. The number of morpholine rings is 1. The molecule has 0 aliphatic carbocycles. The normalized spacial score (nSPS) is 22.1. The maximum absolute atomic E-state index is 13.0. The van der Waals surface area contributed by atoms with Crippen LogP contribution in [0.5, 0.6) is 0 Å². The molecular weight excluding hydrogens is 392 g/mol. The second-order valence-electron chi connectivity index (χ2n) is 6.80. The number of nitrogens with one attached hydrogen (secondary N) is 1. The summed E-state index contributed by atoms with van der Waals surface area (Å²) < 4.78 is 16.2. The summed E-state index contributed by atoms with van der Waals surface area (Å²) in [5.74, 6) is -2.55. The van der Waals surface area contributed by atoms with Crippen LogP contribution in [0.15, 0.2) is 35.4 Å². The van der Waals surface area contributed by atoms with E-state index in [-0.39, 0.29) is 31.3 Å². The van der Waals surface area contributed by atoms with Crippen LogP contribution >= 0.6 is 0 Å². The Morgan fingerprint density at radius 3 is 3.07 bits per heavy atom. The number of esters is 1. The highest BCUT2D eigenvalue weighted by Gasteiger charge is 2.45. The van der Waals surface area contributed by atoms with Crippen LogP contribution in [0.2, 0.25) is 0 Å². The minimum Gasteiger partial charge on any atom is -0.465 e. The number of aliphatic hydroxyl groups excluding tert-OH is 1. The Morgan fingerprint density at radius 2 is 2.27 bits per heavy atom. The third-order valence-corrected chi connectivity index (χ3v) is 4.75. The van der Waals surface area contributed by atoms with Gasteiger partial charge in [-0.2, -0.15) is 0 Å². The monoisotopic (exact) mass is 414 g/mol. The molecule has 2 fully saturated rings. The lowest BCUT2D eigenvalue weighted by molar-refractivity contribution is -0.148. The van der Waals surface area contributed by atoms with E-state index < -0.39 is 17.7 Å². The lowest BCUT2D eigenvalue weighted by Crippen LogP contribution is -2.35. The average molecular weight is 414 g/mol. The number of carbonyl (C=O) groups excluding carboxylic acids is 2. The SMILES string of the molecule is O=C(OCCCO)C1C(=O)/C(=C/c2c[nH]c3ncccc23)O/C1=N\N1CCOCC1. The highest BCUT2D eigenvalue weighted by molar-refractivity contribution is 6.27. The number of ether oxygens (including phenoxy) is 3. The minimum atomic E-state index is -1.28. The zero-order valence-corrected chi connectivity index (χ0v) is 16.2. The largest absolute Gasteiger partial charge is 0.465 e. The predicted molar refractivity (Wildman–Crippen MR) is 106 cm³/mol. The third kappa shape index (κ3) is 4.19. The van der Waals surface area contributed by atoms with E-state index in [9.17, 15) is 9.59 Å². The number of H-pyrrole nitrogens is 1. The van der Waals surface area contributed by atoms with Gasteiger partial charge in [-0.05, 0) is 18.2 Å². The fraction of sp³-hybridized carbons (Fsp3) is 0.400. The summed E-state index contributed by atoms with van der Waals surface area (Å²) in [4.78, 5) is 32.8. The predicted octanol–water partition coefficient (Wildman–Crippen LogP) is 0.691. The van der Waals surface area contributed by atoms with Gasteiger partial charge in [-0.25, -0.2) is 4.98 Å². The van der Waals surface area contributed by atoms with Crippen molar-refractivity contribution < 1.29 is 28.9 Å². The number of aliphatic hydroxyl groups is 1. The van der Waals surface area contributed by atoms with Crippen molar-refractivity contribution in [2.45, 2.75) is 6.42 Å². The molecule has 0 aromatic carbocycles. The van der Waals surface area contributed by atoms with Gasteiger partial charge in [-0.15, -0.1) is 5.10 Å². The van der Waals surface area contributed by atoms with Crippen molar-refractivity contribution in [2.24, 2.45) is 11.0 Å². The molecule has 0 amide bonds. The molecule has 2 aromatic heterocycles. The highest BCUT2D eigenvalue weighted by atomic mass is 16.5. The molecule has 10 nitrogen and oxygen atoms in total. The number of Topliss-reactive ketones (excluding diaryl/α,β-unsaturated/α-hetero) is 1. The second-order valence-corrected chi connectivity index (χ2v) is 6.80. The van der Waals surface area contributed by atoms with Gasteiger partial charge in [0.15, 0.2) is 5.76 Å². The van der Waals surface area contributed by atoms with Crippen LogP contribution in [-0.4, -0.2) is 77.3 Å². The summed E-state index contributed by atoms with van der Waals surface area (Å²) in [6.07, 6.45) is 5.23. The van der Waals surface area contributed by atoms with Crippen LogP contribution < -0.4 is 0 Å². The van der Waals surface area contributed by atoms with E-state index in [1.807, 2.05) is 6.07 Å². The smallest absolute Gasteiger partial charge is 0.326 e. The van der Waals surface area contributed by atoms with Crippen LogP contribution in [0.4, 0.5) is 0 Å². The van der Waals surface area contributed by atoms with Crippen LogP contribution in [-0.2, 0) is 23.8 Å². The van der Waals surface area contributed by atoms with E-state index in [0.717, 1.165) is 5.39 Å². The summed E-state index contributed by atoms with van der Waals surface area (Å²) in [5, 5.41) is 15.8. The van der Waals surface area contributed by atoms with E-state index in [4.69, 9.17) is 19.3 Å². The molecule has 0 radical (unpaired) electrons. The Hall–Kier alpha value is -3.24. The topological polar surface area (TPSA) is 126 Å². The molecule has 10 heteroatoms. The van der Waals surface area contributed by atoms with E-state index >= 15 is 0 Å². The number of nitrogens with zero attached hydrogens (tertiary/aromatic N) is 3. The summed E-state index contributed by atoms with van der Waals surface area (Å²) in [6.45, 7) is 1.96. The molecule has 2 aromatic rings. The second kappa shape index (κ2) is 9.06. The Balaban J connectivity index is 1.63. The van der Waals surface area contributed by atoms with Crippen LogP contribution in [0.1, 0.15) is 12.0 Å². The summed E-state index contributed by atoms with van der Waals surface area (Å²) in [7, 11) is 0. The van der Waals surface area contributed by atoms with Gasteiger partial charge in [0.1, 0.15) is 5.65 Å². The molecular formula is C20H22N4O6. The van der Waals surface area contributed by atoms with Crippen LogP contribution in [0.25, 0.3) is 17.1 Å². The number of pyridine rings is 1. The quantitative estimate of drug-likeness (QED) is 0.306. The maximum atomic E-state index is 13.0. The van der Waals surface area contributed by atoms with Crippen molar-refractivity contribution in [1.82, 2.24) is 15.0 Å². The number of allylic oxidation sites excluding steroid dienone is 1. The lowest BCUT2D eigenvalue weighted by Gasteiger charge is -2.24. The fourth-order valence-corrected chi connectivity index (χ4v) is 3.21. The van der Waals surface area contributed by atoms with Gasteiger partial charge < -0.3 is 24.3 Å². The van der Waals surface area contributed by atoms with Gasteiger partial charge in [0.2, 0.25) is 17.6 Å². The molecule has 1 unspecified atom stereocenters. The zero-order chi connectivity index (χ0) is 20.9. The van der Waals surface area contributed by atoms with Gasteiger partial charge in [-0.3, -0.25) is 14.6 Å². The van der Waals surface area contributed by atoms with Crippen molar-refractivity contribution in [3.8, 4) is 0 Å². The van der Waals surface area contributed by atoms with Gasteiger partial charge in [0.05, 0.1) is 32.9 Å². The van der Waals surface area contributed by atoms with Crippen molar-refractivity contribution in [1.29, 1.82) is 0 Å². The Labute approximate surface area is 172 Å². The van der Waals surface area contributed by atoms with E-state index in [0.29, 0.717) is 37.5 Å². The molecule has 2 N–H and O–H groups in total. The maximum Gasteiger partial charge on any atom is 0.326 e. The van der Waals surface area contributed by atoms with Crippen LogP contribution in [0.3, 0.4) is 0 Å². The van der Waals surface area contributed by atoms with Gasteiger partial charge in [0.25, 0.3) is 0 Å². The number of rotatable bonds is 6. The number of hydrogen-bond acceptors (Lipinski definition) is 9. The number of aromatic amines is 1. The molecule has 2 saturated heterocycles. The lowest BCUT2D eigenvalue weighted by atomic mass is 10.0. The average Bonchev–Trinajstić information content (AvgIpc) is 3.30. The van der Waals surface area contributed by atoms with Crippen LogP contribution in [0, 0.1) is 5.92 Å². The first-order valence-electron chi connectivity index (χ1n) is 9.72. The molecule has 0 saturated carbocycles. The first-order chi connectivity index (χ1) is 14.7. The van der Waals surface area contributed by atoms with E-state index in [2.05, 4.69) is 15.1 Å². The molecule has 158 valence electrons. The Bertz CT molecular complexity index is 992. The van der Waals surface area contributed by atoms with Crippen molar-refractivity contribution in [3.05, 3.63) is 35.8 Å². The summed E-state index contributed by atoms with van der Waals surface area (Å²) in [5.41, 5.74) is 1.39. The molecule has 2 aliphatic rings. The number of ketones is 1. The van der Waals surface area contributed by atoms with E-state index in [1.54, 1.807) is 29.5 Å².